The van der Waals surface area contributed by atoms with Gasteiger partial charge in [-0.05, 0) is 0 Å². The Bertz CT molecular complexity index is 168. The van der Waals surface area contributed by atoms with Crippen molar-refractivity contribution in [2.45, 2.75) is 13.1 Å². The zero-order valence-corrected chi connectivity index (χ0v) is 9.55. The highest BCUT2D eigenvalue weighted by Crippen LogP contribution is 1.78. The lowest BCUT2D eigenvalue weighted by molar-refractivity contribution is 1.82. The number of benzene rings is 1. The third-order valence-electron chi connectivity index (χ3n) is 1.84. The van der Waals surface area contributed by atoms with Gasteiger partial charge in [0.25, 0.3) is 0 Å². The molecule has 10 heavy (non-hydrogen) atoms. The second kappa shape index (κ2) is 3.73. The number of hydrogen-bond donors (Lipinski definition) is 0. The van der Waals surface area contributed by atoms with Crippen LogP contribution in [0.5, 0.6) is 0 Å². The van der Waals surface area contributed by atoms with Crippen LogP contribution in [0.3, 0.4) is 0 Å². The predicted octanol–water partition coefficient (Wildman–Crippen LogP) is -0.629. The summed E-state index contributed by atoms with van der Waals surface area (Å²) in [5.41, 5.74) is 0. The van der Waals surface area contributed by atoms with Crippen LogP contribution in [-0.2, 0) is 0 Å². The minimum atomic E-state index is 0.0831. The van der Waals surface area contributed by atoms with Crippen LogP contribution in [0.25, 0.3) is 0 Å². The highest BCUT2D eigenvalue weighted by molar-refractivity contribution is 6.54. The first-order chi connectivity index (χ1) is 4.86. The normalized spacial score (nSPS) is 12.2. The maximum atomic E-state index is 2.33. The smallest absolute Gasteiger partial charge is 0.0516 e. The van der Waals surface area contributed by atoms with Crippen LogP contribution in [0.4, 0.5) is 0 Å². The second-order valence-electron chi connectivity index (χ2n) is 2.52. The molecule has 0 amide bonds. The summed E-state index contributed by atoms with van der Waals surface area (Å²) < 4.78 is 0. The highest BCUT2D eigenvalue weighted by Gasteiger charge is 1.88. The molecule has 1 aromatic rings. The van der Waals surface area contributed by atoms with E-state index in [-0.39, 0.29) is 19.0 Å². The highest BCUT2D eigenvalue weighted by atomic mass is 28.2. The van der Waals surface area contributed by atoms with Crippen molar-refractivity contribution in [3.05, 3.63) is 24.3 Å². The number of rotatable bonds is 2. The molecule has 0 aromatic heterocycles. The van der Waals surface area contributed by atoms with Crippen molar-refractivity contribution in [1.29, 1.82) is 0 Å². The topological polar surface area (TPSA) is 0 Å². The summed E-state index contributed by atoms with van der Waals surface area (Å²) in [6.45, 7) is 4.66. The Hall–Kier alpha value is -0.346. The van der Waals surface area contributed by atoms with E-state index in [9.17, 15) is 0 Å². The fourth-order valence-corrected chi connectivity index (χ4v) is 2.42. The van der Waals surface area contributed by atoms with E-state index in [4.69, 9.17) is 0 Å². The van der Waals surface area contributed by atoms with E-state index in [1.807, 2.05) is 0 Å². The van der Waals surface area contributed by atoms with Gasteiger partial charge in [-0.15, -0.1) is 0 Å². The van der Waals surface area contributed by atoms with Crippen LogP contribution in [0, 0.1) is 0 Å². The van der Waals surface area contributed by atoms with Crippen LogP contribution in [0.2, 0.25) is 13.1 Å². The fraction of sp³-hybridized carbons (Fsp3) is 0.250. The Morgan fingerprint density at radius 2 is 1.10 bits per heavy atom. The summed E-state index contributed by atoms with van der Waals surface area (Å²) >= 11 is 0. The molecule has 1 aromatic carbocycles. The molecule has 0 unspecified atom stereocenters. The summed E-state index contributed by atoms with van der Waals surface area (Å²) in [5, 5.41) is 3.18. The van der Waals surface area contributed by atoms with Gasteiger partial charge >= 0.3 is 0 Å². The Balaban J connectivity index is 2.80. The van der Waals surface area contributed by atoms with Gasteiger partial charge in [0, 0.05) is 0 Å². The molecule has 0 heterocycles. The average Bonchev–Trinajstić information content (AvgIpc) is 2.05. The summed E-state index contributed by atoms with van der Waals surface area (Å²) in [6, 6.07) is 9.21. The van der Waals surface area contributed by atoms with Crippen LogP contribution in [0.15, 0.2) is 24.3 Å². The van der Waals surface area contributed by atoms with Crippen molar-refractivity contribution >= 4 is 29.4 Å². The molecule has 0 saturated heterocycles. The Kier molecular flexibility index (Phi) is 2.90. The summed E-state index contributed by atoms with van der Waals surface area (Å²) in [6.07, 6.45) is 0. The van der Waals surface area contributed by atoms with Crippen LogP contribution in [-0.4, -0.2) is 19.0 Å². The largest absolute Gasteiger partial charge is 0.0708 e. The maximum Gasteiger partial charge on any atom is 0.0516 e. The molecule has 0 bridgehead atoms. The average molecular weight is 166 g/mol. The molecule has 54 valence electrons. The van der Waals surface area contributed by atoms with Gasteiger partial charge in [-0.1, -0.05) is 47.7 Å². The summed E-state index contributed by atoms with van der Waals surface area (Å²) in [5.74, 6) is 0. The maximum absolute atomic E-state index is 2.33. The van der Waals surface area contributed by atoms with Crippen molar-refractivity contribution in [3.8, 4) is 0 Å². The lowest BCUT2D eigenvalue weighted by Gasteiger charge is -1.96. The quantitative estimate of drug-likeness (QED) is 0.513. The molecule has 0 N–H and O–H groups in total. The second-order valence-corrected chi connectivity index (χ2v) is 5.57. The minimum absolute atomic E-state index is 0.0831. The van der Waals surface area contributed by atoms with E-state index in [0.29, 0.717) is 0 Å². The monoisotopic (exact) mass is 166 g/mol. The van der Waals surface area contributed by atoms with Crippen molar-refractivity contribution in [1.82, 2.24) is 0 Å². The van der Waals surface area contributed by atoms with Gasteiger partial charge in [0.1, 0.15) is 0 Å². The van der Waals surface area contributed by atoms with Gasteiger partial charge < -0.3 is 0 Å². The fourth-order valence-electron chi connectivity index (χ4n) is 1.01. The third-order valence-corrected chi connectivity index (χ3v) is 4.42. The summed E-state index contributed by atoms with van der Waals surface area (Å²) in [7, 11) is 0.166. The molecule has 0 saturated carbocycles. The molecule has 0 atom stereocenters. The first-order valence-corrected chi connectivity index (χ1v) is 8.19. The molecule has 0 fully saturated rings. The van der Waals surface area contributed by atoms with E-state index in [0.717, 1.165) is 0 Å². The zero-order chi connectivity index (χ0) is 7.40. The minimum Gasteiger partial charge on any atom is -0.0708 e. The first kappa shape index (κ1) is 7.76. The third kappa shape index (κ3) is 1.82. The molecular formula is C8H14Si2. The van der Waals surface area contributed by atoms with Gasteiger partial charge in [0.05, 0.1) is 19.0 Å². The van der Waals surface area contributed by atoms with E-state index >= 15 is 0 Å². The molecule has 0 radical (unpaired) electrons. The SMILES string of the molecule is C[SiH2]c1ccc([SiH2]C)cc1. The van der Waals surface area contributed by atoms with Gasteiger partial charge in [-0.25, -0.2) is 0 Å². The van der Waals surface area contributed by atoms with Crippen molar-refractivity contribution in [2.24, 2.45) is 0 Å². The van der Waals surface area contributed by atoms with E-state index < -0.39 is 0 Å². The van der Waals surface area contributed by atoms with E-state index in [1.165, 1.54) is 0 Å². The lowest BCUT2D eigenvalue weighted by atomic mass is 10.4. The molecule has 0 nitrogen and oxygen atoms in total. The van der Waals surface area contributed by atoms with Gasteiger partial charge in [0.2, 0.25) is 0 Å². The van der Waals surface area contributed by atoms with E-state index in [2.05, 4.69) is 37.4 Å². The van der Waals surface area contributed by atoms with Crippen LogP contribution >= 0.6 is 0 Å². The molecular weight excluding hydrogens is 152 g/mol. The molecule has 0 aliphatic rings. The van der Waals surface area contributed by atoms with Gasteiger partial charge in [-0.3, -0.25) is 0 Å². The Morgan fingerprint density at radius 1 is 0.800 bits per heavy atom. The molecule has 2 heteroatoms. The molecule has 1 rings (SSSR count). The van der Waals surface area contributed by atoms with Gasteiger partial charge in [0.15, 0.2) is 0 Å². The summed E-state index contributed by atoms with van der Waals surface area (Å²) in [4.78, 5) is 0. The van der Waals surface area contributed by atoms with Crippen LogP contribution in [0.1, 0.15) is 0 Å². The molecule has 0 aliphatic heterocycles. The van der Waals surface area contributed by atoms with Crippen molar-refractivity contribution in [2.75, 3.05) is 0 Å². The molecule has 0 spiro atoms. The van der Waals surface area contributed by atoms with E-state index in [1.54, 1.807) is 10.4 Å². The first-order valence-electron chi connectivity index (χ1n) is 3.94. The Morgan fingerprint density at radius 3 is 1.30 bits per heavy atom. The Labute approximate surface area is 67.3 Å². The predicted molar refractivity (Wildman–Crippen MR) is 54.5 cm³/mol. The van der Waals surface area contributed by atoms with Crippen molar-refractivity contribution in [3.63, 3.8) is 0 Å². The molecule has 0 aliphatic carbocycles. The standard InChI is InChI=1S/C8H14Si2/c1-9-7-3-5-8(10-2)6-4-7/h3-6H,9-10H2,1-2H3. The lowest BCUT2D eigenvalue weighted by Crippen LogP contribution is -2.16. The number of hydrogen-bond acceptors (Lipinski definition) is 0. The zero-order valence-electron chi connectivity index (χ0n) is 6.72. The van der Waals surface area contributed by atoms with Crippen molar-refractivity contribution < 1.29 is 0 Å². The van der Waals surface area contributed by atoms with Gasteiger partial charge in [-0.2, -0.15) is 0 Å². The van der Waals surface area contributed by atoms with Crippen LogP contribution < -0.4 is 10.4 Å².